The monoisotopic (exact) mass is 521 g/mol. The Bertz CT molecular complexity index is 892. The molecular weight excluding hydrogens is 497 g/mol. The number of thiazole rings is 1. The van der Waals surface area contributed by atoms with Crippen LogP contribution in [0.25, 0.3) is 0 Å². The first-order valence-electron chi connectivity index (χ1n) is 8.33. The van der Waals surface area contributed by atoms with Crippen LogP contribution in [-0.4, -0.2) is 56.7 Å². The highest BCUT2D eigenvalue weighted by Crippen LogP contribution is 2.19. The van der Waals surface area contributed by atoms with E-state index >= 15 is 0 Å². The van der Waals surface area contributed by atoms with Gasteiger partial charge in [-0.05, 0) is 24.1 Å². The predicted octanol–water partition coefficient (Wildman–Crippen LogP) is 2.11. The number of piperazine rings is 1. The van der Waals surface area contributed by atoms with Crippen molar-refractivity contribution in [3.63, 3.8) is 0 Å². The maximum absolute atomic E-state index is 11.7. The number of nitrogens with two attached hydrogens (primary N) is 1. The van der Waals surface area contributed by atoms with Crippen LogP contribution in [0.5, 0.6) is 0 Å². The number of nitrogens with zero attached hydrogens (tertiary/aromatic N) is 4. The van der Waals surface area contributed by atoms with Crippen LogP contribution in [0.3, 0.4) is 0 Å². The summed E-state index contributed by atoms with van der Waals surface area (Å²) < 4.78 is 23.4. The number of aryl methyl sites for hydroxylation is 1. The Morgan fingerprint density at radius 1 is 1.30 bits per heavy atom. The fourth-order valence-electron chi connectivity index (χ4n) is 3.00. The summed E-state index contributed by atoms with van der Waals surface area (Å²) in [4.78, 5) is 13.5. The van der Waals surface area contributed by atoms with Crippen LogP contribution in [0.4, 0.5) is 5.13 Å². The lowest BCUT2D eigenvalue weighted by Crippen LogP contribution is -2.51. The molecule has 148 valence electrons. The summed E-state index contributed by atoms with van der Waals surface area (Å²) >= 11 is 1.64. The molecule has 2 heterocycles. The Labute approximate surface area is 181 Å². The fraction of sp³-hybridized carbons (Fsp3) is 0.412. The van der Waals surface area contributed by atoms with Gasteiger partial charge in [0.2, 0.25) is 0 Å². The molecule has 1 fully saturated rings. The Balaban J connectivity index is 0.00000261. The molecule has 0 radical (unpaired) electrons. The van der Waals surface area contributed by atoms with E-state index in [1.54, 1.807) is 30.4 Å². The SMILES string of the molecule is Cc1cc(CN=C(N)N2CCN(c3nccs3)CC2)ccc1S(C)(=O)=O.I. The first-order chi connectivity index (χ1) is 12.3. The molecule has 1 aromatic heterocycles. The van der Waals surface area contributed by atoms with Gasteiger partial charge in [0.15, 0.2) is 20.9 Å². The van der Waals surface area contributed by atoms with Crippen LogP contribution in [-0.2, 0) is 16.4 Å². The zero-order valence-corrected chi connectivity index (χ0v) is 19.3. The van der Waals surface area contributed by atoms with E-state index in [2.05, 4.69) is 19.8 Å². The second-order valence-electron chi connectivity index (χ2n) is 6.34. The lowest BCUT2D eigenvalue weighted by atomic mass is 10.1. The number of guanidine groups is 1. The molecule has 0 atom stereocenters. The quantitative estimate of drug-likeness (QED) is 0.377. The van der Waals surface area contributed by atoms with Crippen molar-refractivity contribution in [2.45, 2.75) is 18.4 Å². The third kappa shape index (κ3) is 5.55. The number of halogens is 1. The molecule has 1 saturated heterocycles. The highest BCUT2D eigenvalue weighted by Gasteiger charge is 2.19. The van der Waals surface area contributed by atoms with Gasteiger partial charge in [0.05, 0.1) is 11.4 Å². The molecule has 1 aromatic carbocycles. The topological polar surface area (TPSA) is 91.9 Å². The van der Waals surface area contributed by atoms with E-state index in [0.29, 0.717) is 17.4 Å². The number of benzene rings is 1. The van der Waals surface area contributed by atoms with E-state index < -0.39 is 9.84 Å². The van der Waals surface area contributed by atoms with Gasteiger partial charge in [-0.2, -0.15) is 0 Å². The lowest BCUT2D eigenvalue weighted by molar-refractivity contribution is 0.380. The highest BCUT2D eigenvalue weighted by molar-refractivity contribution is 14.0. The average Bonchev–Trinajstić information content (AvgIpc) is 3.13. The molecule has 7 nitrogen and oxygen atoms in total. The van der Waals surface area contributed by atoms with Crippen molar-refractivity contribution in [2.75, 3.05) is 37.3 Å². The van der Waals surface area contributed by atoms with Crippen molar-refractivity contribution in [3.05, 3.63) is 40.9 Å². The molecule has 1 aliphatic rings. The Kier molecular flexibility index (Phi) is 7.46. The Hall–Kier alpha value is -1.40. The molecule has 1 aliphatic heterocycles. The van der Waals surface area contributed by atoms with E-state index in [-0.39, 0.29) is 24.0 Å². The van der Waals surface area contributed by atoms with Gasteiger partial charge in [-0.15, -0.1) is 35.3 Å². The Morgan fingerprint density at radius 3 is 2.56 bits per heavy atom. The van der Waals surface area contributed by atoms with Gasteiger partial charge in [0.25, 0.3) is 0 Å². The van der Waals surface area contributed by atoms with Crippen molar-refractivity contribution >= 4 is 56.2 Å². The van der Waals surface area contributed by atoms with Gasteiger partial charge in [-0.1, -0.05) is 12.1 Å². The maximum Gasteiger partial charge on any atom is 0.191 e. The largest absolute Gasteiger partial charge is 0.370 e. The van der Waals surface area contributed by atoms with Crippen molar-refractivity contribution in [2.24, 2.45) is 10.7 Å². The second-order valence-corrected chi connectivity index (χ2v) is 9.19. The molecular formula is C17H24IN5O2S2. The summed E-state index contributed by atoms with van der Waals surface area (Å²) in [6.07, 6.45) is 3.04. The van der Waals surface area contributed by atoms with E-state index in [1.165, 1.54) is 6.26 Å². The molecule has 0 unspecified atom stereocenters. The lowest BCUT2D eigenvalue weighted by Gasteiger charge is -2.35. The van der Waals surface area contributed by atoms with Crippen LogP contribution < -0.4 is 10.6 Å². The fourth-order valence-corrected chi connectivity index (χ4v) is 4.65. The normalized spacial score (nSPS) is 15.6. The maximum atomic E-state index is 11.7. The standard InChI is InChI=1S/C17H23N5O2S2.HI/c1-13-11-14(3-4-15(13)26(2,23)24)12-20-16(18)21-6-8-22(9-7-21)17-19-5-10-25-17;/h3-5,10-11H,6-9,12H2,1-2H3,(H2,18,20);1H. The zero-order valence-electron chi connectivity index (χ0n) is 15.3. The number of hydrogen-bond acceptors (Lipinski definition) is 6. The molecule has 0 bridgehead atoms. The minimum Gasteiger partial charge on any atom is -0.370 e. The van der Waals surface area contributed by atoms with Gasteiger partial charge in [-0.3, -0.25) is 0 Å². The van der Waals surface area contributed by atoms with E-state index in [4.69, 9.17) is 5.73 Å². The van der Waals surface area contributed by atoms with Crippen LogP contribution in [0.2, 0.25) is 0 Å². The number of anilines is 1. The van der Waals surface area contributed by atoms with Gasteiger partial charge in [0, 0.05) is 44.0 Å². The zero-order chi connectivity index (χ0) is 18.7. The van der Waals surface area contributed by atoms with E-state index in [0.717, 1.165) is 42.4 Å². The number of aliphatic imine (C=N–C) groups is 1. The van der Waals surface area contributed by atoms with Crippen molar-refractivity contribution in [1.82, 2.24) is 9.88 Å². The third-order valence-electron chi connectivity index (χ3n) is 4.36. The molecule has 2 N–H and O–H groups in total. The summed E-state index contributed by atoms with van der Waals surface area (Å²) in [5.41, 5.74) is 7.82. The molecule has 0 amide bonds. The first kappa shape index (κ1) is 21.9. The Morgan fingerprint density at radius 2 is 2.00 bits per heavy atom. The number of aromatic nitrogens is 1. The highest BCUT2D eigenvalue weighted by atomic mass is 127. The smallest absolute Gasteiger partial charge is 0.191 e. The van der Waals surface area contributed by atoms with Crippen LogP contribution in [0, 0.1) is 6.92 Å². The molecule has 10 heteroatoms. The van der Waals surface area contributed by atoms with Gasteiger partial charge in [-0.25, -0.2) is 18.4 Å². The van der Waals surface area contributed by atoms with Crippen molar-refractivity contribution in [3.8, 4) is 0 Å². The second kappa shape index (κ2) is 9.20. The molecule has 0 spiro atoms. The molecule has 0 saturated carbocycles. The molecule has 27 heavy (non-hydrogen) atoms. The van der Waals surface area contributed by atoms with E-state index in [1.807, 2.05) is 17.6 Å². The first-order valence-corrected chi connectivity index (χ1v) is 11.1. The number of hydrogen-bond donors (Lipinski definition) is 1. The van der Waals surface area contributed by atoms with Crippen LogP contribution >= 0.6 is 35.3 Å². The van der Waals surface area contributed by atoms with Crippen LogP contribution in [0.15, 0.2) is 39.7 Å². The number of sulfone groups is 1. The molecule has 2 aromatic rings. The third-order valence-corrected chi connectivity index (χ3v) is 6.45. The average molecular weight is 521 g/mol. The number of rotatable bonds is 4. The summed E-state index contributed by atoms with van der Waals surface area (Å²) in [7, 11) is -3.20. The molecule has 3 rings (SSSR count). The van der Waals surface area contributed by atoms with E-state index in [9.17, 15) is 8.42 Å². The van der Waals surface area contributed by atoms with Gasteiger partial charge < -0.3 is 15.5 Å². The van der Waals surface area contributed by atoms with Crippen molar-refractivity contribution in [1.29, 1.82) is 0 Å². The minimum absolute atomic E-state index is 0. The summed E-state index contributed by atoms with van der Waals surface area (Å²) in [5, 5.41) is 3.02. The summed E-state index contributed by atoms with van der Waals surface area (Å²) in [5.74, 6) is 0.522. The minimum atomic E-state index is -3.20. The van der Waals surface area contributed by atoms with Gasteiger partial charge in [0.1, 0.15) is 0 Å². The van der Waals surface area contributed by atoms with Crippen molar-refractivity contribution < 1.29 is 8.42 Å². The van der Waals surface area contributed by atoms with Gasteiger partial charge >= 0.3 is 0 Å². The molecule has 0 aliphatic carbocycles. The summed E-state index contributed by atoms with van der Waals surface area (Å²) in [6, 6.07) is 5.28. The van der Waals surface area contributed by atoms with Crippen LogP contribution in [0.1, 0.15) is 11.1 Å². The predicted molar refractivity (Wildman–Crippen MR) is 121 cm³/mol. The summed E-state index contributed by atoms with van der Waals surface area (Å²) in [6.45, 7) is 5.58.